The molecule has 0 radical (unpaired) electrons. The standard InChI is InChI=1S/C12H15NO/c1-6-7(2)9(4)12-11(8(6)3)10(5)13-14-12/h1-5H3. The van der Waals surface area contributed by atoms with Gasteiger partial charge in [-0.25, -0.2) is 0 Å². The van der Waals surface area contributed by atoms with Crippen molar-refractivity contribution in [1.29, 1.82) is 0 Å². The molecule has 0 aliphatic heterocycles. The molecule has 0 aliphatic carbocycles. The van der Waals surface area contributed by atoms with Crippen LogP contribution in [0.15, 0.2) is 4.52 Å². The molecule has 0 saturated carbocycles. The van der Waals surface area contributed by atoms with Crippen LogP contribution in [0.5, 0.6) is 0 Å². The smallest absolute Gasteiger partial charge is 0.170 e. The number of aromatic nitrogens is 1. The van der Waals surface area contributed by atoms with E-state index in [1.807, 2.05) is 6.92 Å². The lowest BCUT2D eigenvalue weighted by molar-refractivity contribution is 0.449. The second kappa shape index (κ2) is 2.84. The predicted molar refractivity (Wildman–Crippen MR) is 57.7 cm³/mol. The largest absolute Gasteiger partial charge is 0.356 e. The van der Waals surface area contributed by atoms with Gasteiger partial charge in [-0.2, -0.15) is 0 Å². The van der Waals surface area contributed by atoms with Crippen LogP contribution >= 0.6 is 0 Å². The van der Waals surface area contributed by atoms with E-state index in [0.717, 1.165) is 11.3 Å². The highest BCUT2D eigenvalue weighted by atomic mass is 16.5. The Morgan fingerprint density at radius 3 is 2.00 bits per heavy atom. The summed E-state index contributed by atoms with van der Waals surface area (Å²) in [5, 5.41) is 5.21. The molecule has 2 aromatic rings. The van der Waals surface area contributed by atoms with Crippen molar-refractivity contribution in [1.82, 2.24) is 5.16 Å². The fourth-order valence-corrected chi connectivity index (χ4v) is 1.99. The van der Waals surface area contributed by atoms with Gasteiger partial charge in [0.25, 0.3) is 0 Å². The van der Waals surface area contributed by atoms with Crippen LogP contribution < -0.4 is 0 Å². The summed E-state index contributed by atoms with van der Waals surface area (Å²) >= 11 is 0. The van der Waals surface area contributed by atoms with Crippen LogP contribution in [-0.2, 0) is 0 Å². The molecule has 0 saturated heterocycles. The highest BCUT2D eigenvalue weighted by Crippen LogP contribution is 2.30. The molecule has 2 nitrogen and oxygen atoms in total. The third-order valence-electron chi connectivity index (χ3n) is 3.27. The molecule has 1 heterocycles. The summed E-state index contributed by atoms with van der Waals surface area (Å²) in [6.45, 7) is 10.5. The normalized spacial score (nSPS) is 11.2. The van der Waals surface area contributed by atoms with Gasteiger partial charge in [-0.3, -0.25) is 0 Å². The molecular formula is C12H15NO. The number of aryl methyl sites for hydroxylation is 3. The number of hydrogen-bond donors (Lipinski definition) is 0. The van der Waals surface area contributed by atoms with E-state index in [1.165, 1.54) is 27.6 Å². The Balaban J connectivity index is 3.05. The van der Waals surface area contributed by atoms with Crippen LogP contribution in [0, 0.1) is 34.6 Å². The van der Waals surface area contributed by atoms with Gasteiger partial charge in [0.1, 0.15) is 0 Å². The molecule has 0 bridgehead atoms. The van der Waals surface area contributed by atoms with Crippen molar-refractivity contribution in [3.05, 3.63) is 27.9 Å². The molecule has 0 aliphatic rings. The summed E-state index contributed by atoms with van der Waals surface area (Å²) < 4.78 is 5.35. The SMILES string of the molecule is Cc1c(C)c(C)c2c(C)noc2c1C. The number of rotatable bonds is 0. The molecule has 1 aromatic heterocycles. The number of benzene rings is 1. The second-order valence-electron chi connectivity index (χ2n) is 3.97. The van der Waals surface area contributed by atoms with Gasteiger partial charge in [0.05, 0.1) is 5.69 Å². The Kier molecular flexibility index (Phi) is 1.88. The van der Waals surface area contributed by atoms with Gasteiger partial charge in [-0.15, -0.1) is 0 Å². The maximum atomic E-state index is 5.35. The van der Waals surface area contributed by atoms with Crippen LogP contribution in [0.25, 0.3) is 11.0 Å². The second-order valence-corrected chi connectivity index (χ2v) is 3.97. The Morgan fingerprint density at radius 2 is 1.36 bits per heavy atom. The van der Waals surface area contributed by atoms with Crippen molar-refractivity contribution in [3.8, 4) is 0 Å². The van der Waals surface area contributed by atoms with E-state index in [9.17, 15) is 0 Å². The molecule has 2 heteroatoms. The minimum Gasteiger partial charge on any atom is -0.356 e. The number of hydrogen-bond acceptors (Lipinski definition) is 2. The third kappa shape index (κ3) is 0.999. The van der Waals surface area contributed by atoms with Gasteiger partial charge in [0.15, 0.2) is 5.58 Å². The van der Waals surface area contributed by atoms with E-state index in [1.54, 1.807) is 0 Å². The summed E-state index contributed by atoms with van der Waals surface area (Å²) in [6.07, 6.45) is 0. The summed E-state index contributed by atoms with van der Waals surface area (Å²) in [6, 6.07) is 0. The van der Waals surface area contributed by atoms with Crippen LogP contribution in [-0.4, -0.2) is 5.16 Å². The highest BCUT2D eigenvalue weighted by Gasteiger charge is 2.14. The fourth-order valence-electron chi connectivity index (χ4n) is 1.99. The van der Waals surface area contributed by atoms with Crippen molar-refractivity contribution in [2.75, 3.05) is 0 Å². The highest BCUT2D eigenvalue weighted by molar-refractivity contribution is 5.87. The van der Waals surface area contributed by atoms with Crippen molar-refractivity contribution in [2.45, 2.75) is 34.6 Å². The number of nitrogens with zero attached hydrogens (tertiary/aromatic N) is 1. The van der Waals surface area contributed by atoms with E-state index < -0.39 is 0 Å². The molecule has 2 rings (SSSR count). The monoisotopic (exact) mass is 189 g/mol. The molecule has 74 valence electrons. The van der Waals surface area contributed by atoms with Gasteiger partial charge in [0, 0.05) is 5.39 Å². The maximum absolute atomic E-state index is 5.35. The van der Waals surface area contributed by atoms with E-state index >= 15 is 0 Å². The zero-order chi connectivity index (χ0) is 10.5. The average Bonchev–Trinajstić information content (AvgIpc) is 2.54. The lowest BCUT2D eigenvalue weighted by Crippen LogP contribution is -1.92. The summed E-state index contributed by atoms with van der Waals surface area (Å²) in [5.74, 6) is 0. The first-order valence-corrected chi connectivity index (χ1v) is 4.86. The third-order valence-corrected chi connectivity index (χ3v) is 3.27. The van der Waals surface area contributed by atoms with Crippen LogP contribution in [0.3, 0.4) is 0 Å². The van der Waals surface area contributed by atoms with Crippen molar-refractivity contribution < 1.29 is 4.52 Å². The van der Waals surface area contributed by atoms with Gasteiger partial charge in [0.2, 0.25) is 0 Å². The topological polar surface area (TPSA) is 26.0 Å². The fraction of sp³-hybridized carbons (Fsp3) is 0.417. The quantitative estimate of drug-likeness (QED) is 0.635. The first kappa shape index (κ1) is 9.25. The maximum Gasteiger partial charge on any atom is 0.170 e. The van der Waals surface area contributed by atoms with Crippen molar-refractivity contribution in [2.24, 2.45) is 0 Å². The molecule has 0 amide bonds. The summed E-state index contributed by atoms with van der Waals surface area (Å²) in [5.41, 5.74) is 7.10. The van der Waals surface area contributed by atoms with Gasteiger partial charge in [-0.05, 0) is 56.9 Å². The van der Waals surface area contributed by atoms with Crippen LogP contribution in [0.2, 0.25) is 0 Å². The summed E-state index contributed by atoms with van der Waals surface area (Å²) in [7, 11) is 0. The zero-order valence-electron chi connectivity index (χ0n) is 9.36. The first-order valence-electron chi connectivity index (χ1n) is 4.86. The molecule has 0 unspecified atom stereocenters. The van der Waals surface area contributed by atoms with Gasteiger partial charge >= 0.3 is 0 Å². The van der Waals surface area contributed by atoms with Crippen LogP contribution in [0.4, 0.5) is 0 Å². The van der Waals surface area contributed by atoms with E-state index in [-0.39, 0.29) is 0 Å². The Labute approximate surface area is 83.9 Å². The molecule has 0 atom stereocenters. The zero-order valence-corrected chi connectivity index (χ0v) is 9.36. The molecule has 0 N–H and O–H groups in total. The lowest BCUT2D eigenvalue weighted by Gasteiger charge is -2.08. The van der Waals surface area contributed by atoms with Gasteiger partial charge in [-0.1, -0.05) is 5.16 Å². The minimum atomic E-state index is 0.947. The molecule has 0 fully saturated rings. The molecular weight excluding hydrogens is 174 g/mol. The van der Waals surface area contributed by atoms with Crippen LogP contribution in [0.1, 0.15) is 27.9 Å². The number of fused-ring (bicyclic) bond motifs is 1. The van der Waals surface area contributed by atoms with Gasteiger partial charge < -0.3 is 4.52 Å². The Bertz CT molecular complexity index is 509. The molecule has 0 spiro atoms. The Hall–Kier alpha value is -1.31. The Morgan fingerprint density at radius 1 is 0.786 bits per heavy atom. The van der Waals surface area contributed by atoms with Crippen molar-refractivity contribution in [3.63, 3.8) is 0 Å². The lowest BCUT2D eigenvalue weighted by atomic mass is 9.95. The van der Waals surface area contributed by atoms with E-state index in [4.69, 9.17) is 4.52 Å². The van der Waals surface area contributed by atoms with E-state index in [0.29, 0.717) is 0 Å². The van der Waals surface area contributed by atoms with E-state index in [2.05, 4.69) is 32.9 Å². The molecule has 14 heavy (non-hydrogen) atoms. The van der Waals surface area contributed by atoms with Crippen molar-refractivity contribution >= 4 is 11.0 Å². The average molecular weight is 189 g/mol. The minimum absolute atomic E-state index is 0.947. The molecule has 1 aromatic carbocycles. The first-order chi connectivity index (χ1) is 6.54. The predicted octanol–water partition coefficient (Wildman–Crippen LogP) is 3.37. The summed E-state index contributed by atoms with van der Waals surface area (Å²) in [4.78, 5) is 0.